The van der Waals surface area contributed by atoms with Gasteiger partial charge >= 0.3 is 0 Å². The normalized spacial score (nSPS) is 11.1. The van der Waals surface area contributed by atoms with Crippen molar-refractivity contribution in [3.05, 3.63) is 85.0 Å². The van der Waals surface area contributed by atoms with Gasteiger partial charge in [-0.2, -0.15) is 0 Å². The Balaban J connectivity index is 1.96. The van der Waals surface area contributed by atoms with Crippen LogP contribution in [0.2, 0.25) is 0 Å². The van der Waals surface area contributed by atoms with Gasteiger partial charge < -0.3 is 9.47 Å². The molecule has 0 aliphatic carbocycles. The maximum atomic E-state index is 14.7. The van der Waals surface area contributed by atoms with Gasteiger partial charge in [0.2, 0.25) is 0 Å². The molecule has 0 unspecified atom stereocenters. The molecule has 4 heteroatoms. The molecule has 0 fully saturated rings. The number of ether oxygens (including phenoxy) is 2. The average Bonchev–Trinajstić information content (AvgIpc) is 2.70. The van der Waals surface area contributed by atoms with Gasteiger partial charge in [-0.3, -0.25) is 0 Å². The van der Waals surface area contributed by atoms with E-state index in [1.54, 1.807) is 48.5 Å². The summed E-state index contributed by atoms with van der Waals surface area (Å²) >= 11 is 0. The van der Waals surface area contributed by atoms with Crippen LogP contribution < -0.4 is 9.47 Å². The van der Waals surface area contributed by atoms with Crippen LogP contribution in [0.3, 0.4) is 0 Å². The second-order valence-electron chi connectivity index (χ2n) is 5.94. The van der Waals surface area contributed by atoms with Crippen LogP contribution in [0.5, 0.6) is 11.5 Å². The Morgan fingerprint density at radius 1 is 0.889 bits per heavy atom. The largest absolute Gasteiger partial charge is 0.490 e. The molecule has 0 atom stereocenters. The van der Waals surface area contributed by atoms with Gasteiger partial charge in [-0.1, -0.05) is 43.0 Å². The van der Waals surface area contributed by atoms with Crippen molar-refractivity contribution in [2.24, 2.45) is 0 Å². The Hall–Kier alpha value is -3.14. The summed E-state index contributed by atoms with van der Waals surface area (Å²) < 4.78 is 40.3. The highest BCUT2D eigenvalue weighted by Crippen LogP contribution is 2.33. The summed E-state index contributed by atoms with van der Waals surface area (Å²) in [6.45, 7) is 6.24. The van der Waals surface area contributed by atoms with Crippen molar-refractivity contribution >= 4 is 10.8 Å². The van der Waals surface area contributed by atoms with E-state index in [2.05, 4.69) is 6.58 Å². The van der Waals surface area contributed by atoms with Crippen LogP contribution in [-0.2, 0) is 0 Å². The molecule has 3 aromatic rings. The number of benzene rings is 3. The number of hydrogen-bond acceptors (Lipinski definition) is 2. The molecule has 0 N–H and O–H groups in total. The van der Waals surface area contributed by atoms with E-state index in [4.69, 9.17) is 9.47 Å². The third-order valence-corrected chi connectivity index (χ3v) is 4.11. The highest BCUT2D eigenvalue weighted by atomic mass is 19.2. The summed E-state index contributed by atoms with van der Waals surface area (Å²) in [4.78, 5) is 0. The number of fused-ring (bicyclic) bond motifs is 1. The van der Waals surface area contributed by atoms with E-state index < -0.39 is 11.6 Å². The molecule has 2 nitrogen and oxygen atoms in total. The van der Waals surface area contributed by atoms with E-state index in [0.29, 0.717) is 35.7 Å². The topological polar surface area (TPSA) is 18.5 Å². The lowest BCUT2D eigenvalue weighted by atomic mass is 9.99. The van der Waals surface area contributed by atoms with E-state index in [1.807, 2.05) is 19.1 Å². The fourth-order valence-corrected chi connectivity index (χ4v) is 2.73. The standard InChI is InChI=1S/C23H20F2O2/c1-3-5-13-27-19-11-8-17-14-20(22(24)23(25)21(17)15-19)16-6-9-18(10-7-16)26-12-4-2/h3-11,14-15H,2,12-13H2,1H3. The van der Waals surface area contributed by atoms with E-state index in [0.717, 1.165) is 0 Å². The zero-order chi connectivity index (χ0) is 19.2. The van der Waals surface area contributed by atoms with E-state index in [-0.39, 0.29) is 10.9 Å². The van der Waals surface area contributed by atoms with Crippen molar-refractivity contribution in [2.75, 3.05) is 13.2 Å². The molecule has 0 radical (unpaired) electrons. The molecule has 0 spiro atoms. The minimum absolute atomic E-state index is 0.195. The maximum Gasteiger partial charge on any atom is 0.167 e. The maximum absolute atomic E-state index is 14.7. The van der Waals surface area contributed by atoms with Crippen molar-refractivity contribution in [3.8, 4) is 22.6 Å². The van der Waals surface area contributed by atoms with Gasteiger partial charge in [0.05, 0.1) is 0 Å². The molecule has 138 valence electrons. The third kappa shape index (κ3) is 4.17. The first-order valence-electron chi connectivity index (χ1n) is 8.64. The number of hydrogen-bond donors (Lipinski definition) is 0. The highest BCUT2D eigenvalue weighted by Gasteiger charge is 2.15. The fraction of sp³-hybridized carbons (Fsp3) is 0.130. The van der Waals surface area contributed by atoms with Crippen LogP contribution in [0, 0.1) is 11.6 Å². The minimum atomic E-state index is -0.883. The van der Waals surface area contributed by atoms with Gasteiger partial charge in [0.15, 0.2) is 11.6 Å². The first-order chi connectivity index (χ1) is 13.1. The fourth-order valence-electron chi connectivity index (χ4n) is 2.73. The Morgan fingerprint density at radius 3 is 2.30 bits per heavy atom. The Morgan fingerprint density at radius 2 is 1.59 bits per heavy atom. The minimum Gasteiger partial charge on any atom is -0.490 e. The lowest BCUT2D eigenvalue weighted by Crippen LogP contribution is -1.96. The predicted molar refractivity (Wildman–Crippen MR) is 105 cm³/mol. The summed E-state index contributed by atoms with van der Waals surface area (Å²) in [7, 11) is 0. The summed E-state index contributed by atoms with van der Waals surface area (Å²) in [5, 5.41) is 0.800. The summed E-state index contributed by atoms with van der Waals surface area (Å²) in [5.41, 5.74) is 0.783. The first-order valence-corrected chi connectivity index (χ1v) is 8.64. The molecular formula is C23H20F2O2. The molecule has 0 amide bonds. The SMILES string of the molecule is C=CCOc1ccc(-c2cc3ccc(OCC=CC)cc3c(F)c2F)cc1. The van der Waals surface area contributed by atoms with E-state index >= 15 is 0 Å². The van der Waals surface area contributed by atoms with Gasteiger partial charge in [0.25, 0.3) is 0 Å². The molecule has 3 aromatic carbocycles. The van der Waals surface area contributed by atoms with Gasteiger partial charge in [-0.25, -0.2) is 8.78 Å². The summed E-state index contributed by atoms with van der Waals surface area (Å²) in [6, 6.07) is 13.5. The van der Waals surface area contributed by atoms with E-state index in [9.17, 15) is 8.78 Å². The Labute approximate surface area is 157 Å². The monoisotopic (exact) mass is 366 g/mol. The number of rotatable bonds is 7. The molecular weight excluding hydrogens is 346 g/mol. The lowest BCUT2D eigenvalue weighted by molar-refractivity contribution is 0.363. The second-order valence-corrected chi connectivity index (χ2v) is 5.94. The van der Waals surface area contributed by atoms with Gasteiger partial charge in [-0.05, 0) is 48.2 Å². The van der Waals surface area contributed by atoms with E-state index in [1.165, 1.54) is 6.07 Å². The lowest BCUT2D eigenvalue weighted by Gasteiger charge is -2.11. The van der Waals surface area contributed by atoms with Crippen LogP contribution in [0.15, 0.2) is 73.3 Å². The zero-order valence-electron chi connectivity index (χ0n) is 15.0. The summed E-state index contributed by atoms with van der Waals surface area (Å²) in [5.74, 6) is -0.627. The van der Waals surface area contributed by atoms with Gasteiger partial charge in [0, 0.05) is 10.9 Å². The number of allylic oxidation sites excluding steroid dienone is 1. The number of halogens is 2. The third-order valence-electron chi connectivity index (χ3n) is 4.11. The second kappa shape index (κ2) is 8.49. The molecule has 0 saturated carbocycles. The molecule has 0 aromatic heterocycles. The van der Waals surface area contributed by atoms with Crippen LogP contribution in [0.25, 0.3) is 21.9 Å². The molecule has 0 aliphatic heterocycles. The van der Waals surface area contributed by atoms with Crippen LogP contribution in [0.1, 0.15) is 6.92 Å². The van der Waals surface area contributed by atoms with Gasteiger partial charge in [-0.15, -0.1) is 0 Å². The Bertz CT molecular complexity index is 976. The molecule has 0 bridgehead atoms. The quantitative estimate of drug-likeness (QED) is 0.457. The van der Waals surface area contributed by atoms with Crippen LogP contribution in [0.4, 0.5) is 8.78 Å². The van der Waals surface area contributed by atoms with Crippen molar-refractivity contribution < 1.29 is 18.3 Å². The smallest absolute Gasteiger partial charge is 0.167 e. The van der Waals surface area contributed by atoms with Crippen molar-refractivity contribution in [2.45, 2.75) is 6.92 Å². The van der Waals surface area contributed by atoms with Crippen molar-refractivity contribution in [3.63, 3.8) is 0 Å². The van der Waals surface area contributed by atoms with Crippen LogP contribution >= 0.6 is 0 Å². The van der Waals surface area contributed by atoms with Crippen molar-refractivity contribution in [1.82, 2.24) is 0 Å². The molecule has 0 saturated heterocycles. The zero-order valence-corrected chi connectivity index (χ0v) is 15.0. The Kier molecular flexibility index (Phi) is 5.87. The summed E-state index contributed by atoms with van der Waals surface area (Å²) in [6.07, 6.45) is 5.34. The van der Waals surface area contributed by atoms with Crippen molar-refractivity contribution in [1.29, 1.82) is 0 Å². The van der Waals surface area contributed by atoms with Gasteiger partial charge in [0.1, 0.15) is 24.7 Å². The molecule has 27 heavy (non-hydrogen) atoms. The average molecular weight is 366 g/mol. The molecule has 0 heterocycles. The highest BCUT2D eigenvalue weighted by molar-refractivity contribution is 5.89. The first kappa shape index (κ1) is 18.6. The van der Waals surface area contributed by atoms with Crippen LogP contribution in [-0.4, -0.2) is 13.2 Å². The molecule has 0 aliphatic rings. The predicted octanol–water partition coefficient (Wildman–Crippen LogP) is 6.30. The molecule has 3 rings (SSSR count).